The number of nitrogens with zero attached hydrogens (tertiary/aromatic N) is 2. The van der Waals surface area contributed by atoms with Gasteiger partial charge < -0.3 is 10.6 Å². The number of rotatable bonds is 2. The van der Waals surface area contributed by atoms with Crippen molar-refractivity contribution in [3.05, 3.63) is 46.0 Å². The molecule has 1 aromatic heterocycles. The topological polar surface area (TPSA) is 59.2 Å². The van der Waals surface area contributed by atoms with Crippen LogP contribution in [0.4, 0.5) is 5.13 Å². The first-order valence-electron chi connectivity index (χ1n) is 7.80. The summed E-state index contributed by atoms with van der Waals surface area (Å²) in [5, 5.41) is 0.615. The van der Waals surface area contributed by atoms with Gasteiger partial charge in [0.25, 0.3) is 0 Å². The number of fused-ring (bicyclic) bond motifs is 2. The number of benzene rings is 1. The molecule has 2 heterocycles. The summed E-state index contributed by atoms with van der Waals surface area (Å²) < 4.78 is 0. The highest BCUT2D eigenvalue weighted by atomic mass is 32.1. The third-order valence-electron chi connectivity index (χ3n) is 4.78. The van der Waals surface area contributed by atoms with E-state index in [1.165, 1.54) is 22.5 Å². The number of anilines is 1. The van der Waals surface area contributed by atoms with E-state index in [9.17, 15) is 4.79 Å². The molecular formula is C17H19N3OS. The Morgan fingerprint density at radius 2 is 2.23 bits per heavy atom. The highest BCUT2D eigenvalue weighted by molar-refractivity contribution is 7.15. The number of hydrogen-bond donors (Lipinski definition) is 1. The average Bonchev–Trinajstić information content (AvgIpc) is 3.09. The number of carbonyl (C=O) groups is 1. The Balaban J connectivity index is 1.46. The molecule has 0 saturated heterocycles. The maximum absolute atomic E-state index is 12.7. The average molecular weight is 313 g/mol. The molecule has 1 atom stereocenters. The molecule has 4 nitrogen and oxygen atoms in total. The zero-order valence-electron chi connectivity index (χ0n) is 12.4. The van der Waals surface area contributed by atoms with Gasteiger partial charge in [-0.2, -0.15) is 0 Å². The van der Waals surface area contributed by atoms with E-state index >= 15 is 0 Å². The molecule has 1 aliphatic carbocycles. The Labute approximate surface area is 134 Å². The van der Waals surface area contributed by atoms with Crippen molar-refractivity contribution in [2.24, 2.45) is 0 Å². The van der Waals surface area contributed by atoms with Crippen molar-refractivity contribution in [3.63, 3.8) is 0 Å². The fourth-order valence-electron chi connectivity index (χ4n) is 3.63. The number of thiazole rings is 1. The Kier molecular flexibility index (Phi) is 3.37. The Morgan fingerprint density at radius 1 is 1.36 bits per heavy atom. The highest BCUT2D eigenvalue weighted by Crippen LogP contribution is 2.36. The lowest BCUT2D eigenvalue weighted by atomic mass is 9.97. The Morgan fingerprint density at radius 3 is 3.14 bits per heavy atom. The van der Waals surface area contributed by atoms with Crippen LogP contribution in [0.5, 0.6) is 0 Å². The molecule has 2 N–H and O–H groups in total. The van der Waals surface area contributed by atoms with E-state index in [-0.39, 0.29) is 5.91 Å². The van der Waals surface area contributed by atoms with Crippen molar-refractivity contribution >= 4 is 22.4 Å². The first-order valence-corrected chi connectivity index (χ1v) is 8.62. The van der Waals surface area contributed by atoms with E-state index in [1.54, 1.807) is 0 Å². The molecule has 2 aliphatic rings. The van der Waals surface area contributed by atoms with Gasteiger partial charge in [-0.05, 0) is 29.9 Å². The number of carbonyl (C=O) groups excluding carboxylic acids is 1. The third kappa shape index (κ3) is 2.39. The van der Waals surface area contributed by atoms with Gasteiger partial charge in [0.1, 0.15) is 0 Å². The molecule has 114 valence electrons. The summed E-state index contributed by atoms with van der Waals surface area (Å²) in [6, 6.07) is 8.53. The van der Waals surface area contributed by atoms with Crippen molar-refractivity contribution in [3.8, 4) is 0 Å². The van der Waals surface area contributed by atoms with Crippen LogP contribution in [0.2, 0.25) is 0 Å². The van der Waals surface area contributed by atoms with Crippen molar-refractivity contribution in [1.82, 2.24) is 9.88 Å². The summed E-state index contributed by atoms with van der Waals surface area (Å²) in [5.74, 6) is 0.649. The molecular weight excluding hydrogens is 294 g/mol. The smallest absolute Gasteiger partial charge is 0.223 e. The van der Waals surface area contributed by atoms with Gasteiger partial charge in [0.05, 0.1) is 12.2 Å². The monoisotopic (exact) mass is 313 g/mol. The quantitative estimate of drug-likeness (QED) is 0.927. The predicted octanol–water partition coefficient (Wildman–Crippen LogP) is 2.73. The van der Waals surface area contributed by atoms with E-state index < -0.39 is 0 Å². The van der Waals surface area contributed by atoms with Crippen LogP contribution < -0.4 is 5.73 Å². The molecule has 1 amide bonds. The lowest BCUT2D eigenvalue weighted by Gasteiger charge is -2.27. The molecule has 0 fully saturated rings. The van der Waals surface area contributed by atoms with E-state index in [1.807, 2.05) is 4.90 Å². The minimum Gasteiger partial charge on any atom is -0.375 e. The minimum atomic E-state index is 0.263. The lowest BCUT2D eigenvalue weighted by Crippen LogP contribution is -2.36. The van der Waals surface area contributed by atoms with Gasteiger partial charge >= 0.3 is 0 Å². The summed E-state index contributed by atoms with van der Waals surface area (Å²) in [6.07, 6.45) is 3.65. The van der Waals surface area contributed by atoms with Crippen molar-refractivity contribution in [2.75, 3.05) is 12.3 Å². The fourth-order valence-corrected chi connectivity index (χ4v) is 4.52. The molecule has 22 heavy (non-hydrogen) atoms. The summed E-state index contributed by atoms with van der Waals surface area (Å²) in [6.45, 7) is 1.45. The largest absolute Gasteiger partial charge is 0.375 e. The molecule has 4 rings (SSSR count). The first kappa shape index (κ1) is 13.8. The molecule has 2 aromatic rings. The zero-order valence-corrected chi connectivity index (χ0v) is 13.2. The first-order chi connectivity index (χ1) is 10.7. The van der Waals surface area contributed by atoms with Gasteiger partial charge in [0.15, 0.2) is 5.13 Å². The molecule has 5 heteroatoms. The zero-order chi connectivity index (χ0) is 15.1. The van der Waals surface area contributed by atoms with Gasteiger partial charge in [-0.15, -0.1) is 11.3 Å². The minimum absolute atomic E-state index is 0.263. The molecule has 1 aromatic carbocycles. The molecule has 0 saturated carbocycles. The second-order valence-corrected chi connectivity index (χ2v) is 7.24. The number of aryl methyl sites for hydroxylation is 1. The van der Waals surface area contributed by atoms with E-state index in [0.29, 0.717) is 24.0 Å². The van der Waals surface area contributed by atoms with Crippen molar-refractivity contribution in [2.45, 2.75) is 38.1 Å². The van der Waals surface area contributed by atoms with Crippen LogP contribution in [0.3, 0.4) is 0 Å². The maximum atomic E-state index is 12.7. The Hall–Kier alpha value is -1.88. The predicted molar refractivity (Wildman–Crippen MR) is 87.8 cm³/mol. The number of nitrogen functional groups attached to an aromatic ring is 1. The van der Waals surface area contributed by atoms with Gasteiger partial charge in [-0.1, -0.05) is 24.3 Å². The van der Waals surface area contributed by atoms with Crippen LogP contribution in [0.1, 0.15) is 40.5 Å². The maximum Gasteiger partial charge on any atom is 0.223 e. The molecule has 0 spiro atoms. The van der Waals surface area contributed by atoms with Crippen molar-refractivity contribution < 1.29 is 4.79 Å². The summed E-state index contributed by atoms with van der Waals surface area (Å²) in [5.41, 5.74) is 9.63. The van der Waals surface area contributed by atoms with Gasteiger partial charge in [0, 0.05) is 24.3 Å². The molecule has 0 unspecified atom stereocenters. The van der Waals surface area contributed by atoms with Gasteiger partial charge in [-0.25, -0.2) is 4.98 Å². The van der Waals surface area contributed by atoms with Gasteiger partial charge in [0.2, 0.25) is 5.91 Å². The van der Waals surface area contributed by atoms with Crippen LogP contribution >= 0.6 is 11.3 Å². The number of aromatic nitrogens is 1. The normalized spacial score (nSPS) is 19.8. The molecule has 1 aliphatic heterocycles. The van der Waals surface area contributed by atoms with E-state index in [4.69, 9.17) is 5.73 Å². The second-order valence-electron chi connectivity index (χ2n) is 6.13. The van der Waals surface area contributed by atoms with Crippen molar-refractivity contribution in [1.29, 1.82) is 0 Å². The van der Waals surface area contributed by atoms with E-state index in [2.05, 4.69) is 29.2 Å². The number of hydrogen-bond acceptors (Lipinski definition) is 4. The van der Waals surface area contributed by atoms with Gasteiger partial charge in [-0.3, -0.25) is 4.79 Å². The SMILES string of the molecule is Nc1nc2c(s1)CN(C(=O)C[C@H]1CCc3ccccc31)CC2. The molecule has 0 bridgehead atoms. The summed E-state index contributed by atoms with van der Waals surface area (Å²) in [7, 11) is 0. The summed E-state index contributed by atoms with van der Waals surface area (Å²) in [4.78, 5) is 20.1. The van der Waals surface area contributed by atoms with Crippen LogP contribution in [-0.4, -0.2) is 22.3 Å². The van der Waals surface area contributed by atoms with Crippen LogP contribution in [0.25, 0.3) is 0 Å². The van der Waals surface area contributed by atoms with Crippen LogP contribution in [-0.2, 0) is 24.2 Å². The van der Waals surface area contributed by atoms with Crippen LogP contribution in [0.15, 0.2) is 24.3 Å². The highest BCUT2D eigenvalue weighted by Gasteiger charge is 2.28. The number of amides is 1. The lowest BCUT2D eigenvalue weighted by molar-refractivity contribution is -0.132. The standard InChI is InChI=1S/C17H19N3OS/c18-17-19-14-7-8-20(10-15(14)22-17)16(21)9-12-6-5-11-3-1-2-4-13(11)12/h1-4,12H,5-10H2,(H2,18,19)/t12-/m1/s1. The fraction of sp³-hybridized carbons (Fsp3) is 0.412. The van der Waals surface area contributed by atoms with Crippen LogP contribution in [0, 0.1) is 0 Å². The third-order valence-corrected chi connectivity index (χ3v) is 5.69. The summed E-state index contributed by atoms with van der Waals surface area (Å²) >= 11 is 1.52. The second kappa shape index (κ2) is 5.39. The Bertz CT molecular complexity index is 724. The molecule has 0 radical (unpaired) electrons. The number of nitrogens with two attached hydrogens (primary N) is 1. The van der Waals surface area contributed by atoms with E-state index in [0.717, 1.165) is 36.4 Å².